The zero-order valence-electron chi connectivity index (χ0n) is 12.5. The minimum atomic E-state index is -3.64. The standard InChI is InChI=1S/C16H18N2O3S/c1-11-3-6-14(7-4-11)22(19,20)18-17-10-13-5-8-16(21-13)15-9-12(15)2/h3-8,10,12,15,18H,9H2,1-2H3/b17-10-/t12-,15-/m0/s1. The number of rotatable bonds is 5. The fraction of sp³-hybridized carbons (Fsp3) is 0.312. The number of nitrogens with zero attached hydrogens (tertiary/aromatic N) is 1. The van der Waals surface area contributed by atoms with Gasteiger partial charge in [-0.15, -0.1) is 0 Å². The number of furan rings is 1. The largest absolute Gasteiger partial charge is 0.460 e. The van der Waals surface area contributed by atoms with E-state index in [2.05, 4.69) is 16.9 Å². The quantitative estimate of drug-likeness (QED) is 0.680. The van der Waals surface area contributed by atoms with E-state index in [1.54, 1.807) is 30.3 Å². The van der Waals surface area contributed by atoms with Crippen molar-refractivity contribution in [3.8, 4) is 0 Å². The van der Waals surface area contributed by atoms with E-state index in [1.165, 1.54) is 6.21 Å². The summed E-state index contributed by atoms with van der Waals surface area (Å²) in [6.45, 7) is 4.08. The third-order valence-corrected chi connectivity index (χ3v) is 5.06. The molecule has 1 aliphatic rings. The molecule has 1 aromatic carbocycles. The molecule has 0 saturated heterocycles. The van der Waals surface area contributed by atoms with Crippen molar-refractivity contribution in [2.24, 2.45) is 11.0 Å². The van der Waals surface area contributed by atoms with Crippen molar-refractivity contribution in [1.29, 1.82) is 0 Å². The highest BCUT2D eigenvalue weighted by atomic mass is 32.2. The molecule has 6 heteroatoms. The number of hydrogen-bond acceptors (Lipinski definition) is 4. The van der Waals surface area contributed by atoms with Gasteiger partial charge in [0.2, 0.25) is 0 Å². The monoisotopic (exact) mass is 318 g/mol. The molecule has 22 heavy (non-hydrogen) atoms. The predicted molar refractivity (Wildman–Crippen MR) is 84.3 cm³/mol. The van der Waals surface area contributed by atoms with Crippen LogP contribution in [0.3, 0.4) is 0 Å². The molecule has 1 aliphatic carbocycles. The maximum atomic E-state index is 12.0. The Morgan fingerprint density at radius 1 is 1.23 bits per heavy atom. The molecule has 1 aromatic heterocycles. The van der Waals surface area contributed by atoms with Crippen LogP contribution in [0.25, 0.3) is 0 Å². The van der Waals surface area contributed by atoms with Gasteiger partial charge in [-0.3, -0.25) is 0 Å². The number of sulfonamides is 1. The Balaban J connectivity index is 1.66. The Kier molecular flexibility index (Phi) is 3.78. The van der Waals surface area contributed by atoms with Gasteiger partial charge in [-0.1, -0.05) is 24.6 Å². The van der Waals surface area contributed by atoms with Crippen molar-refractivity contribution in [2.45, 2.75) is 31.1 Å². The summed E-state index contributed by atoms with van der Waals surface area (Å²) in [6.07, 6.45) is 2.52. The lowest BCUT2D eigenvalue weighted by Crippen LogP contribution is -2.18. The van der Waals surface area contributed by atoms with Crippen LogP contribution in [-0.2, 0) is 10.0 Å². The molecule has 0 spiro atoms. The van der Waals surface area contributed by atoms with Crippen LogP contribution in [0.2, 0.25) is 0 Å². The van der Waals surface area contributed by atoms with E-state index in [0.717, 1.165) is 17.7 Å². The molecular weight excluding hydrogens is 300 g/mol. The summed E-state index contributed by atoms with van der Waals surface area (Å²) in [5.74, 6) is 2.64. The summed E-state index contributed by atoms with van der Waals surface area (Å²) < 4.78 is 29.7. The van der Waals surface area contributed by atoms with Crippen molar-refractivity contribution in [3.63, 3.8) is 0 Å². The second-order valence-electron chi connectivity index (χ2n) is 5.73. The smallest absolute Gasteiger partial charge is 0.276 e. The summed E-state index contributed by atoms with van der Waals surface area (Å²) >= 11 is 0. The van der Waals surface area contributed by atoms with Crippen LogP contribution in [0.15, 0.2) is 50.8 Å². The molecule has 2 atom stereocenters. The molecule has 0 aliphatic heterocycles. The fourth-order valence-electron chi connectivity index (χ4n) is 2.29. The van der Waals surface area contributed by atoms with Gasteiger partial charge in [-0.25, -0.2) is 0 Å². The fourth-order valence-corrected chi connectivity index (χ4v) is 3.08. The Morgan fingerprint density at radius 2 is 1.91 bits per heavy atom. The minimum Gasteiger partial charge on any atom is -0.460 e. The molecule has 1 N–H and O–H groups in total. The lowest BCUT2D eigenvalue weighted by Gasteiger charge is -2.02. The van der Waals surface area contributed by atoms with Crippen molar-refractivity contribution < 1.29 is 12.8 Å². The predicted octanol–water partition coefficient (Wildman–Crippen LogP) is 3.02. The molecule has 5 nitrogen and oxygen atoms in total. The van der Waals surface area contributed by atoms with E-state index in [1.807, 2.05) is 13.0 Å². The lowest BCUT2D eigenvalue weighted by atomic mass is 10.2. The van der Waals surface area contributed by atoms with Crippen LogP contribution >= 0.6 is 0 Å². The van der Waals surface area contributed by atoms with E-state index in [-0.39, 0.29) is 4.90 Å². The molecule has 0 bridgehead atoms. The van der Waals surface area contributed by atoms with Gasteiger partial charge < -0.3 is 4.42 Å². The zero-order chi connectivity index (χ0) is 15.7. The van der Waals surface area contributed by atoms with Gasteiger partial charge in [0.25, 0.3) is 10.0 Å². The maximum absolute atomic E-state index is 12.0. The van der Waals surface area contributed by atoms with E-state index in [0.29, 0.717) is 17.6 Å². The maximum Gasteiger partial charge on any atom is 0.276 e. The van der Waals surface area contributed by atoms with Crippen molar-refractivity contribution >= 4 is 16.2 Å². The van der Waals surface area contributed by atoms with Gasteiger partial charge in [-0.05, 0) is 43.5 Å². The molecule has 1 saturated carbocycles. The topological polar surface area (TPSA) is 71.7 Å². The molecular formula is C16H18N2O3S. The van der Waals surface area contributed by atoms with Crippen molar-refractivity contribution in [3.05, 3.63) is 53.5 Å². The number of hydrazone groups is 1. The first kappa shape index (κ1) is 14.8. The highest BCUT2D eigenvalue weighted by molar-refractivity contribution is 7.89. The molecule has 0 unspecified atom stereocenters. The molecule has 116 valence electrons. The third-order valence-electron chi connectivity index (χ3n) is 3.82. The van der Waals surface area contributed by atoms with Gasteiger partial charge in [0.15, 0.2) is 0 Å². The highest BCUT2D eigenvalue weighted by Crippen LogP contribution is 2.47. The second-order valence-corrected chi connectivity index (χ2v) is 7.39. The Bertz CT molecular complexity index is 791. The first-order valence-corrected chi connectivity index (χ1v) is 8.65. The van der Waals surface area contributed by atoms with Crippen LogP contribution in [0, 0.1) is 12.8 Å². The normalized spacial score (nSPS) is 21.2. The van der Waals surface area contributed by atoms with Crippen LogP contribution in [-0.4, -0.2) is 14.6 Å². The average molecular weight is 318 g/mol. The van der Waals surface area contributed by atoms with Crippen molar-refractivity contribution in [1.82, 2.24) is 4.83 Å². The van der Waals surface area contributed by atoms with Crippen molar-refractivity contribution in [2.75, 3.05) is 0 Å². The van der Waals surface area contributed by atoms with E-state index in [4.69, 9.17) is 4.42 Å². The minimum absolute atomic E-state index is 0.183. The van der Waals surface area contributed by atoms with Crippen LogP contribution < -0.4 is 4.83 Å². The summed E-state index contributed by atoms with van der Waals surface area (Å²) in [5.41, 5.74) is 1.000. The first-order chi connectivity index (χ1) is 10.5. The number of aryl methyl sites for hydroxylation is 1. The number of hydrogen-bond donors (Lipinski definition) is 1. The Morgan fingerprint density at radius 3 is 2.55 bits per heavy atom. The summed E-state index contributed by atoms with van der Waals surface area (Å²) in [5, 5.41) is 3.77. The van der Waals surface area contributed by atoms with Gasteiger partial charge in [0.05, 0.1) is 11.1 Å². The SMILES string of the molecule is Cc1ccc(S(=O)(=O)N/N=C\c2ccc([C@H]3C[C@@H]3C)o2)cc1. The molecule has 1 fully saturated rings. The number of benzene rings is 1. The molecule has 0 radical (unpaired) electrons. The highest BCUT2D eigenvalue weighted by Gasteiger charge is 2.36. The average Bonchev–Trinajstić information content (AvgIpc) is 3.02. The number of nitrogens with one attached hydrogen (secondary N) is 1. The molecule has 1 heterocycles. The first-order valence-electron chi connectivity index (χ1n) is 7.17. The van der Waals surface area contributed by atoms with Crippen LogP contribution in [0.5, 0.6) is 0 Å². The Labute approximate surface area is 130 Å². The molecule has 2 aromatic rings. The Hall–Kier alpha value is -2.08. The molecule has 3 rings (SSSR count). The molecule has 0 amide bonds. The summed E-state index contributed by atoms with van der Waals surface area (Å²) in [6, 6.07) is 10.3. The van der Waals surface area contributed by atoms with Crippen LogP contribution in [0.1, 0.15) is 36.3 Å². The lowest BCUT2D eigenvalue weighted by molar-refractivity contribution is 0.500. The van der Waals surface area contributed by atoms with E-state index in [9.17, 15) is 8.42 Å². The third kappa shape index (κ3) is 3.22. The van der Waals surface area contributed by atoms with Gasteiger partial charge in [0, 0.05) is 5.92 Å². The summed E-state index contributed by atoms with van der Waals surface area (Å²) in [4.78, 5) is 2.37. The summed E-state index contributed by atoms with van der Waals surface area (Å²) in [7, 11) is -3.64. The van der Waals surface area contributed by atoms with Gasteiger partial charge >= 0.3 is 0 Å². The zero-order valence-corrected chi connectivity index (χ0v) is 13.3. The van der Waals surface area contributed by atoms with Gasteiger partial charge in [-0.2, -0.15) is 18.4 Å². The van der Waals surface area contributed by atoms with Gasteiger partial charge in [0.1, 0.15) is 11.5 Å². The second kappa shape index (κ2) is 5.61. The van der Waals surface area contributed by atoms with E-state index < -0.39 is 10.0 Å². The van der Waals surface area contributed by atoms with Crippen LogP contribution in [0.4, 0.5) is 0 Å². The van der Waals surface area contributed by atoms with E-state index >= 15 is 0 Å².